The largest absolute Gasteiger partial charge is 0.299 e. The van der Waals surface area contributed by atoms with E-state index in [1.54, 1.807) is 6.42 Å². The number of halogens is 1. The molecule has 0 N–H and O–H groups in total. The molecule has 1 nitrogen and oxygen atoms in total. The van der Waals surface area contributed by atoms with Crippen molar-refractivity contribution in [2.24, 2.45) is 0 Å². The van der Waals surface area contributed by atoms with Crippen LogP contribution < -0.4 is 0 Å². The Bertz CT molecular complexity index is 346. The van der Waals surface area contributed by atoms with Gasteiger partial charge in [0.25, 0.3) is 0 Å². The highest BCUT2D eigenvalue weighted by Crippen LogP contribution is 2.33. The number of hydrogen-bond acceptors (Lipinski definition) is 1. The van der Waals surface area contributed by atoms with Crippen molar-refractivity contribution in [1.82, 2.24) is 0 Å². The molecule has 0 aromatic heterocycles. The van der Waals surface area contributed by atoms with Gasteiger partial charge in [0, 0.05) is 17.4 Å². The summed E-state index contributed by atoms with van der Waals surface area (Å²) < 4.78 is 0. The van der Waals surface area contributed by atoms with Gasteiger partial charge in [-0.2, -0.15) is 0 Å². The predicted molar refractivity (Wildman–Crippen MR) is 57.4 cm³/mol. The van der Waals surface area contributed by atoms with Crippen LogP contribution in [0.4, 0.5) is 0 Å². The topological polar surface area (TPSA) is 17.1 Å². The minimum Gasteiger partial charge on any atom is -0.299 e. The quantitative estimate of drug-likeness (QED) is 0.690. The molecule has 14 heavy (non-hydrogen) atoms. The second-order valence-electron chi connectivity index (χ2n) is 3.61. The Kier molecular flexibility index (Phi) is 2.87. The van der Waals surface area contributed by atoms with Crippen LogP contribution in [0.5, 0.6) is 0 Å². The van der Waals surface area contributed by atoms with Gasteiger partial charge in [0.1, 0.15) is 5.78 Å². The zero-order valence-electron chi connectivity index (χ0n) is 7.87. The maximum absolute atomic E-state index is 11.6. The summed E-state index contributed by atoms with van der Waals surface area (Å²) in [5.74, 6) is 0.224. The van der Waals surface area contributed by atoms with E-state index >= 15 is 0 Å². The second-order valence-corrected chi connectivity index (χ2v) is 4.02. The summed E-state index contributed by atoms with van der Waals surface area (Å²) in [6.45, 7) is 0. The first-order valence-electron chi connectivity index (χ1n) is 4.90. The highest BCUT2D eigenvalue weighted by Gasteiger charge is 2.25. The summed E-state index contributed by atoms with van der Waals surface area (Å²) in [6.07, 6.45) is 4.72. The lowest BCUT2D eigenvalue weighted by molar-refractivity contribution is -0.118. The number of ketones is 1. The molecule has 1 aliphatic rings. The van der Waals surface area contributed by atoms with Crippen molar-refractivity contribution in [3.8, 4) is 0 Å². The molecular weight excluding hydrogens is 196 g/mol. The van der Waals surface area contributed by atoms with Gasteiger partial charge in [0.15, 0.2) is 0 Å². The minimum absolute atomic E-state index is 0.00236. The van der Waals surface area contributed by atoms with Crippen LogP contribution in [0.15, 0.2) is 24.3 Å². The lowest BCUT2D eigenvalue weighted by atomic mass is 9.83. The van der Waals surface area contributed by atoms with Gasteiger partial charge >= 0.3 is 0 Å². The van der Waals surface area contributed by atoms with E-state index in [-0.39, 0.29) is 11.7 Å². The molecule has 1 saturated carbocycles. The third-order valence-electron chi connectivity index (χ3n) is 2.67. The fraction of sp³-hybridized carbons (Fsp3) is 0.333. The monoisotopic (exact) mass is 207 g/mol. The van der Waals surface area contributed by atoms with Gasteiger partial charge in [0.2, 0.25) is 0 Å². The molecule has 2 rings (SSSR count). The molecule has 1 aromatic rings. The lowest BCUT2D eigenvalue weighted by Crippen LogP contribution is -2.17. The third kappa shape index (κ3) is 1.83. The smallest absolute Gasteiger partial charge is 0.144 e. The first-order valence-corrected chi connectivity index (χ1v) is 5.28. The van der Waals surface area contributed by atoms with Crippen molar-refractivity contribution in [1.29, 1.82) is 0 Å². The first kappa shape index (κ1) is 9.72. The summed E-state index contributed by atoms with van der Waals surface area (Å²) in [5.41, 5.74) is 0.982. The van der Waals surface area contributed by atoms with Crippen molar-refractivity contribution >= 4 is 17.4 Å². The predicted octanol–water partition coefficient (Wildman–Crippen LogP) is 3.38. The molecule has 1 aliphatic carbocycles. The highest BCUT2D eigenvalue weighted by atomic mass is 35.5. The van der Waals surface area contributed by atoms with E-state index in [0.717, 1.165) is 24.8 Å². The van der Waals surface area contributed by atoms with E-state index in [0.29, 0.717) is 5.02 Å². The fourth-order valence-corrected chi connectivity index (χ4v) is 2.18. The number of carbonyl (C=O) groups is 1. The molecule has 0 aliphatic heterocycles. The zero-order valence-corrected chi connectivity index (χ0v) is 8.63. The fourth-order valence-electron chi connectivity index (χ4n) is 1.92. The summed E-state index contributed by atoms with van der Waals surface area (Å²) >= 11 is 6.06. The molecule has 1 fully saturated rings. The average Bonchev–Trinajstić information content (AvgIpc) is 2.20. The molecule has 73 valence electrons. The molecule has 1 radical (unpaired) electrons. The number of hydrogen-bond donors (Lipinski definition) is 0. The molecule has 0 heterocycles. The van der Waals surface area contributed by atoms with Gasteiger partial charge in [-0.15, -0.1) is 0 Å². The van der Waals surface area contributed by atoms with Crippen LogP contribution in [0.3, 0.4) is 0 Å². The Hall–Kier alpha value is -0.820. The van der Waals surface area contributed by atoms with Gasteiger partial charge in [-0.1, -0.05) is 36.2 Å². The van der Waals surface area contributed by atoms with Gasteiger partial charge in [-0.3, -0.25) is 4.79 Å². The Balaban J connectivity index is 2.29. The van der Waals surface area contributed by atoms with Crippen molar-refractivity contribution in [2.45, 2.75) is 25.2 Å². The van der Waals surface area contributed by atoms with Crippen molar-refractivity contribution in [3.63, 3.8) is 0 Å². The van der Waals surface area contributed by atoms with Crippen molar-refractivity contribution < 1.29 is 4.79 Å². The molecule has 2 heteroatoms. The Morgan fingerprint density at radius 2 is 2.07 bits per heavy atom. The minimum atomic E-state index is -0.00236. The van der Waals surface area contributed by atoms with Crippen LogP contribution in [0.1, 0.15) is 30.7 Å². The number of Topliss-reactive ketones (excluding diaryl/α,β-unsaturated/α-hetero) is 1. The summed E-state index contributed by atoms with van der Waals surface area (Å²) in [5, 5.41) is 0.709. The molecular formula is C12H12ClO. The average molecular weight is 208 g/mol. The third-order valence-corrected chi connectivity index (χ3v) is 3.01. The zero-order chi connectivity index (χ0) is 9.97. The van der Waals surface area contributed by atoms with E-state index in [1.165, 1.54) is 0 Å². The normalized spacial score (nSPS) is 22.4. The molecule has 1 unspecified atom stereocenters. The van der Waals surface area contributed by atoms with Crippen molar-refractivity contribution in [2.75, 3.05) is 0 Å². The van der Waals surface area contributed by atoms with Crippen molar-refractivity contribution in [3.05, 3.63) is 41.3 Å². The molecule has 0 saturated heterocycles. The maximum atomic E-state index is 11.6. The first-order chi connectivity index (χ1) is 6.79. The Morgan fingerprint density at radius 1 is 1.29 bits per heavy atom. The van der Waals surface area contributed by atoms with Gasteiger partial charge in [-0.25, -0.2) is 0 Å². The Morgan fingerprint density at radius 3 is 2.79 bits per heavy atom. The second kappa shape index (κ2) is 4.14. The summed E-state index contributed by atoms with van der Waals surface area (Å²) in [7, 11) is 0. The van der Waals surface area contributed by atoms with Crippen LogP contribution in [0, 0.1) is 6.42 Å². The number of carbonyl (C=O) groups excluding carboxylic acids is 1. The van der Waals surface area contributed by atoms with Crippen LogP contribution in [-0.2, 0) is 4.79 Å². The Labute approximate surface area is 89.1 Å². The van der Waals surface area contributed by atoms with Crippen LogP contribution in [0.2, 0.25) is 5.02 Å². The molecule has 1 atom stereocenters. The molecule has 1 aromatic carbocycles. The summed E-state index contributed by atoms with van der Waals surface area (Å²) in [4.78, 5) is 11.6. The standard InChI is InChI=1S/C12H12ClO/c13-11-7-3-1-5-9(11)10-6-2-4-8-12(10)14/h1,3,5,7-8,10H,2,4,6H2. The van der Waals surface area contributed by atoms with Crippen LogP contribution in [0.25, 0.3) is 0 Å². The van der Waals surface area contributed by atoms with Crippen LogP contribution in [-0.4, -0.2) is 5.78 Å². The maximum Gasteiger partial charge on any atom is 0.144 e. The van der Waals surface area contributed by atoms with Gasteiger partial charge < -0.3 is 0 Å². The van der Waals surface area contributed by atoms with Crippen LogP contribution >= 0.6 is 11.6 Å². The molecule has 0 amide bonds. The molecule has 0 bridgehead atoms. The SMILES string of the molecule is O=C1[CH]CCCC1c1ccccc1Cl. The van der Waals surface area contributed by atoms with E-state index in [1.807, 2.05) is 24.3 Å². The van der Waals surface area contributed by atoms with E-state index in [9.17, 15) is 4.79 Å². The molecule has 0 spiro atoms. The van der Waals surface area contributed by atoms with E-state index < -0.39 is 0 Å². The van der Waals surface area contributed by atoms with Gasteiger partial charge in [0.05, 0.1) is 0 Å². The number of rotatable bonds is 1. The van der Waals surface area contributed by atoms with E-state index in [4.69, 9.17) is 11.6 Å². The summed E-state index contributed by atoms with van der Waals surface area (Å²) in [6, 6.07) is 7.62. The van der Waals surface area contributed by atoms with E-state index in [2.05, 4.69) is 0 Å². The number of benzene rings is 1. The lowest BCUT2D eigenvalue weighted by Gasteiger charge is -2.21. The van der Waals surface area contributed by atoms with Gasteiger partial charge in [-0.05, 0) is 24.5 Å². The highest BCUT2D eigenvalue weighted by molar-refractivity contribution is 6.31.